The molecule has 1 saturated heterocycles. The lowest BCUT2D eigenvalue weighted by molar-refractivity contribution is -0.149. The molecule has 0 unspecified atom stereocenters. The van der Waals surface area contributed by atoms with Crippen LogP contribution in [-0.2, 0) is 19.1 Å². The number of amides is 1. The molecule has 160 valence electrons. The van der Waals surface area contributed by atoms with Crippen molar-refractivity contribution < 1.29 is 23.8 Å². The molecule has 1 heterocycles. The zero-order valence-corrected chi connectivity index (χ0v) is 17.1. The Kier molecular flexibility index (Phi) is 8.31. The molecule has 1 aliphatic carbocycles. The molecule has 7 nitrogen and oxygen atoms in total. The molecule has 0 atom stereocenters. The number of hydrogen-bond acceptors (Lipinski definition) is 6. The van der Waals surface area contributed by atoms with E-state index in [0.29, 0.717) is 12.3 Å². The molecule has 0 spiro atoms. The second-order valence-electron chi connectivity index (χ2n) is 7.73. The summed E-state index contributed by atoms with van der Waals surface area (Å²) in [5.41, 5.74) is 0.00518. The summed E-state index contributed by atoms with van der Waals surface area (Å²) in [6.07, 6.45) is 5.91. The molecule has 1 aromatic carbocycles. The maximum Gasteiger partial charge on any atom is 0.309 e. The highest BCUT2D eigenvalue weighted by atomic mass is 16.5. The largest absolute Gasteiger partial charge is 0.493 e. The molecule has 0 aromatic heterocycles. The van der Waals surface area contributed by atoms with Gasteiger partial charge in [0.1, 0.15) is 5.75 Å². The van der Waals surface area contributed by atoms with E-state index >= 15 is 0 Å². The van der Waals surface area contributed by atoms with Crippen molar-refractivity contribution in [1.82, 2.24) is 10.2 Å². The summed E-state index contributed by atoms with van der Waals surface area (Å²) >= 11 is 0. The van der Waals surface area contributed by atoms with Crippen LogP contribution >= 0.6 is 0 Å². The van der Waals surface area contributed by atoms with Gasteiger partial charge in [-0.1, -0.05) is 37.5 Å². The Labute approximate surface area is 172 Å². The van der Waals surface area contributed by atoms with Gasteiger partial charge in [-0.05, 0) is 25.0 Å². The van der Waals surface area contributed by atoms with Crippen LogP contribution in [0.1, 0.15) is 38.5 Å². The van der Waals surface area contributed by atoms with Crippen molar-refractivity contribution >= 4 is 11.9 Å². The van der Waals surface area contributed by atoms with Gasteiger partial charge in [-0.2, -0.15) is 0 Å². The van der Waals surface area contributed by atoms with Crippen LogP contribution in [0.5, 0.6) is 5.75 Å². The first-order valence-corrected chi connectivity index (χ1v) is 10.6. The highest BCUT2D eigenvalue weighted by molar-refractivity contribution is 5.80. The Morgan fingerprint density at radius 1 is 1.07 bits per heavy atom. The number of nitrogens with zero attached hydrogens (tertiary/aromatic N) is 1. The molecule has 3 rings (SSSR count). The number of para-hydroxylation sites is 1. The van der Waals surface area contributed by atoms with Gasteiger partial charge in [0.15, 0.2) is 6.61 Å². The molecule has 1 amide bonds. The molecule has 2 fully saturated rings. The fraction of sp³-hybridized carbons (Fsp3) is 0.636. The maximum absolute atomic E-state index is 12.2. The Balaban J connectivity index is 1.37. The van der Waals surface area contributed by atoms with Gasteiger partial charge < -0.3 is 19.5 Å². The number of carbonyl (C=O) groups excluding carboxylic acids is 2. The monoisotopic (exact) mass is 404 g/mol. The van der Waals surface area contributed by atoms with Crippen LogP contribution < -0.4 is 10.1 Å². The van der Waals surface area contributed by atoms with Crippen LogP contribution in [0, 0.1) is 0 Å². The van der Waals surface area contributed by atoms with E-state index in [9.17, 15) is 9.59 Å². The summed E-state index contributed by atoms with van der Waals surface area (Å²) in [6.45, 7) is 3.89. The molecular weight excluding hydrogens is 372 g/mol. The minimum atomic E-state index is -0.434. The fourth-order valence-corrected chi connectivity index (χ4v) is 4.15. The number of morpholine rings is 1. The van der Waals surface area contributed by atoms with Crippen LogP contribution in [0.2, 0.25) is 0 Å². The molecule has 1 N–H and O–H groups in total. The van der Waals surface area contributed by atoms with E-state index in [1.807, 2.05) is 30.3 Å². The molecule has 1 saturated carbocycles. The van der Waals surface area contributed by atoms with E-state index in [2.05, 4.69) is 10.2 Å². The number of nitrogens with one attached hydrogen (secondary N) is 1. The number of rotatable bonds is 9. The molecule has 1 aromatic rings. The molecule has 2 aliphatic rings. The van der Waals surface area contributed by atoms with Gasteiger partial charge in [-0.3, -0.25) is 14.5 Å². The van der Waals surface area contributed by atoms with Crippen LogP contribution in [-0.4, -0.2) is 68.4 Å². The highest BCUT2D eigenvalue weighted by Crippen LogP contribution is 2.33. The van der Waals surface area contributed by atoms with Gasteiger partial charge in [-0.15, -0.1) is 0 Å². The number of carbonyl (C=O) groups is 2. The smallest absolute Gasteiger partial charge is 0.309 e. The van der Waals surface area contributed by atoms with Crippen LogP contribution in [0.3, 0.4) is 0 Å². The molecule has 29 heavy (non-hydrogen) atoms. The number of benzene rings is 1. The lowest BCUT2D eigenvalue weighted by Gasteiger charge is -2.48. The van der Waals surface area contributed by atoms with Crippen molar-refractivity contribution in [2.45, 2.75) is 44.1 Å². The van der Waals surface area contributed by atoms with Crippen molar-refractivity contribution in [3.8, 4) is 5.75 Å². The summed E-state index contributed by atoms with van der Waals surface area (Å²) in [5, 5.41) is 3.00. The van der Waals surface area contributed by atoms with E-state index in [0.717, 1.165) is 39.1 Å². The Hall–Kier alpha value is -2.12. The first-order valence-electron chi connectivity index (χ1n) is 10.6. The summed E-state index contributed by atoms with van der Waals surface area (Å²) in [6, 6.07) is 9.29. The average Bonchev–Trinajstić information content (AvgIpc) is 2.78. The van der Waals surface area contributed by atoms with Crippen LogP contribution in [0.25, 0.3) is 0 Å². The van der Waals surface area contributed by atoms with Gasteiger partial charge >= 0.3 is 5.97 Å². The van der Waals surface area contributed by atoms with E-state index in [1.54, 1.807) is 0 Å². The van der Waals surface area contributed by atoms with E-state index in [-0.39, 0.29) is 31.1 Å². The first kappa shape index (κ1) is 21.6. The average molecular weight is 405 g/mol. The van der Waals surface area contributed by atoms with Crippen molar-refractivity contribution in [3.05, 3.63) is 30.3 Å². The molecule has 7 heteroatoms. The third kappa shape index (κ3) is 6.72. The van der Waals surface area contributed by atoms with Gasteiger partial charge in [0.05, 0.1) is 26.2 Å². The third-order valence-corrected chi connectivity index (χ3v) is 5.76. The number of hydrogen-bond donors (Lipinski definition) is 1. The quantitative estimate of drug-likeness (QED) is 0.636. The second kappa shape index (κ2) is 11.2. The van der Waals surface area contributed by atoms with Gasteiger partial charge in [0, 0.05) is 25.2 Å². The van der Waals surface area contributed by atoms with Crippen molar-refractivity contribution in [2.24, 2.45) is 0 Å². The predicted molar refractivity (Wildman–Crippen MR) is 109 cm³/mol. The number of ether oxygens (including phenoxy) is 3. The predicted octanol–water partition coefficient (Wildman–Crippen LogP) is 2.15. The lowest BCUT2D eigenvalue weighted by Crippen LogP contribution is -2.59. The van der Waals surface area contributed by atoms with E-state index < -0.39 is 5.97 Å². The highest BCUT2D eigenvalue weighted by Gasteiger charge is 2.38. The Bertz CT molecular complexity index is 640. The zero-order valence-electron chi connectivity index (χ0n) is 17.1. The van der Waals surface area contributed by atoms with Gasteiger partial charge in [0.2, 0.25) is 0 Å². The van der Waals surface area contributed by atoms with Gasteiger partial charge in [0.25, 0.3) is 5.91 Å². The Morgan fingerprint density at radius 2 is 1.79 bits per heavy atom. The lowest BCUT2D eigenvalue weighted by atomic mass is 9.79. The fourth-order valence-electron chi connectivity index (χ4n) is 4.15. The van der Waals surface area contributed by atoms with Crippen molar-refractivity contribution in [1.29, 1.82) is 0 Å². The molecule has 1 aliphatic heterocycles. The van der Waals surface area contributed by atoms with E-state index in [1.165, 1.54) is 19.3 Å². The van der Waals surface area contributed by atoms with Gasteiger partial charge in [-0.25, -0.2) is 0 Å². The van der Waals surface area contributed by atoms with E-state index in [4.69, 9.17) is 14.2 Å². The number of esters is 1. The van der Waals surface area contributed by atoms with Crippen LogP contribution in [0.15, 0.2) is 30.3 Å². The third-order valence-electron chi connectivity index (χ3n) is 5.76. The minimum Gasteiger partial charge on any atom is -0.493 e. The molecular formula is C22H32N2O5. The van der Waals surface area contributed by atoms with Crippen molar-refractivity contribution in [2.75, 3.05) is 46.1 Å². The summed E-state index contributed by atoms with van der Waals surface area (Å²) in [7, 11) is 0. The normalized spacial score (nSPS) is 19.3. The second-order valence-corrected chi connectivity index (χ2v) is 7.73. The Morgan fingerprint density at radius 3 is 2.52 bits per heavy atom. The summed E-state index contributed by atoms with van der Waals surface area (Å²) in [4.78, 5) is 26.6. The minimum absolute atomic E-state index is 0.00518. The van der Waals surface area contributed by atoms with Crippen LogP contribution in [0.4, 0.5) is 0 Å². The zero-order chi connectivity index (χ0) is 20.4. The summed E-state index contributed by atoms with van der Waals surface area (Å²) < 4.78 is 16.1. The first-order chi connectivity index (χ1) is 14.2. The topological polar surface area (TPSA) is 77.1 Å². The maximum atomic E-state index is 12.2. The molecule has 0 bridgehead atoms. The summed E-state index contributed by atoms with van der Waals surface area (Å²) in [5.74, 6) is 0.0242. The SMILES string of the molecule is O=C(COC(=O)CCOc1ccccc1)NCC1(N2CCOCC2)CCCCC1. The standard InChI is InChI=1S/C22H32N2O5/c25-20(17-29-21(26)9-14-28-19-7-3-1-4-8-19)23-18-22(10-5-2-6-11-22)24-12-15-27-16-13-24/h1,3-4,7-8H,2,5-6,9-18H2,(H,23,25). The molecule has 0 radical (unpaired) electrons. The van der Waals surface area contributed by atoms with Crippen molar-refractivity contribution in [3.63, 3.8) is 0 Å².